The summed E-state index contributed by atoms with van der Waals surface area (Å²) < 4.78 is 10.7. The van der Waals surface area contributed by atoms with Crippen LogP contribution < -0.4 is 15.5 Å². The van der Waals surface area contributed by atoms with Crippen LogP contribution in [0.2, 0.25) is 0 Å². The number of benzene rings is 2. The van der Waals surface area contributed by atoms with E-state index in [1.165, 1.54) is 0 Å². The molecule has 0 bridgehead atoms. The Kier molecular flexibility index (Phi) is 7.05. The summed E-state index contributed by atoms with van der Waals surface area (Å²) in [7, 11) is 5.97. The van der Waals surface area contributed by atoms with Crippen molar-refractivity contribution in [3.05, 3.63) is 59.2 Å². The van der Waals surface area contributed by atoms with Crippen LogP contribution in [0.5, 0.6) is 5.75 Å². The molecule has 2 aromatic rings. The molecule has 0 aliphatic carbocycles. The molecule has 27 heavy (non-hydrogen) atoms. The zero-order valence-electron chi connectivity index (χ0n) is 16.1. The van der Waals surface area contributed by atoms with Crippen LogP contribution in [-0.4, -0.2) is 26.0 Å². The number of ether oxygens (including phenoxy) is 2. The standard InChI is InChI=1S/C21H24BNO4/c1-13(2)19(20(24)26-12-16-8-6-5-7-9-16)23-21(25)27-17-11-10-14(3)18(22)15(17)4/h5-11,13,19H,12H2,1-4H3,(H,23,25). The van der Waals surface area contributed by atoms with Gasteiger partial charge in [0.15, 0.2) is 0 Å². The first-order valence-corrected chi connectivity index (χ1v) is 8.84. The molecule has 0 aromatic heterocycles. The third-order valence-corrected chi connectivity index (χ3v) is 4.30. The summed E-state index contributed by atoms with van der Waals surface area (Å²) in [5.41, 5.74) is 3.03. The van der Waals surface area contributed by atoms with Gasteiger partial charge in [0, 0.05) is 0 Å². The molecular formula is C21H24BNO4. The summed E-state index contributed by atoms with van der Waals surface area (Å²) in [6, 6.07) is 12.0. The minimum absolute atomic E-state index is 0.146. The van der Waals surface area contributed by atoms with E-state index in [4.69, 9.17) is 17.3 Å². The van der Waals surface area contributed by atoms with Crippen molar-refractivity contribution in [2.75, 3.05) is 0 Å². The average molecular weight is 365 g/mol. The Bertz CT molecular complexity index is 805. The molecule has 0 saturated heterocycles. The number of carbonyl (C=O) groups excluding carboxylic acids is 2. The lowest BCUT2D eigenvalue weighted by molar-refractivity contribution is -0.148. The van der Waals surface area contributed by atoms with Gasteiger partial charge in [0.05, 0.1) is 0 Å². The fourth-order valence-corrected chi connectivity index (χ4v) is 2.53. The molecule has 1 unspecified atom stereocenters. The maximum Gasteiger partial charge on any atom is 0.413 e. The Morgan fingerprint density at radius 2 is 1.74 bits per heavy atom. The molecule has 2 rings (SSSR count). The molecular weight excluding hydrogens is 341 g/mol. The number of rotatable bonds is 6. The van der Waals surface area contributed by atoms with Crippen LogP contribution >= 0.6 is 0 Å². The summed E-state index contributed by atoms with van der Waals surface area (Å²) in [4.78, 5) is 24.7. The van der Waals surface area contributed by atoms with Gasteiger partial charge >= 0.3 is 12.1 Å². The quantitative estimate of drug-likeness (QED) is 0.632. The maximum atomic E-state index is 12.4. The lowest BCUT2D eigenvalue weighted by Crippen LogP contribution is -2.46. The molecule has 0 saturated carbocycles. The first kappa shape index (κ1) is 20.6. The molecule has 1 amide bonds. The van der Waals surface area contributed by atoms with Crippen LogP contribution in [0.25, 0.3) is 0 Å². The highest BCUT2D eigenvalue weighted by Gasteiger charge is 2.27. The molecule has 5 nitrogen and oxygen atoms in total. The molecule has 1 N–H and O–H groups in total. The van der Waals surface area contributed by atoms with E-state index in [2.05, 4.69) is 5.32 Å². The zero-order chi connectivity index (χ0) is 20.0. The predicted molar refractivity (Wildman–Crippen MR) is 105 cm³/mol. The van der Waals surface area contributed by atoms with Crippen LogP contribution in [0, 0.1) is 19.8 Å². The van der Waals surface area contributed by atoms with Crippen LogP contribution in [0.4, 0.5) is 4.79 Å². The van der Waals surface area contributed by atoms with Crippen LogP contribution in [0.3, 0.4) is 0 Å². The van der Waals surface area contributed by atoms with E-state index in [0.29, 0.717) is 16.8 Å². The van der Waals surface area contributed by atoms with Gasteiger partial charge in [-0.05, 0) is 37.0 Å². The van der Waals surface area contributed by atoms with Crippen LogP contribution in [0.1, 0.15) is 30.5 Å². The molecule has 0 spiro atoms. The van der Waals surface area contributed by atoms with Crippen molar-refractivity contribution >= 4 is 25.4 Å². The van der Waals surface area contributed by atoms with Crippen molar-refractivity contribution in [2.24, 2.45) is 5.92 Å². The number of hydrogen-bond acceptors (Lipinski definition) is 4. The van der Waals surface area contributed by atoms with E-state index in [9.17, 15) is 9.59 Å². The Balaban J connectivity index is 1.99. The van der Waals surface area contributed by atoms with Gasteiger partial charge in [-0.3, -0.25) is 0 Å². The number of esters is 1. The number of carbonyl (C=O) groups is 2. The Hall–Kier alpha value is -2.76. The van der Waals surface area contributed by atoms with Gasteiger partial charge in [-0.15, -0.1) is 0 Å². The molecule has 2 radical (unpaired) electrons. The highest BCUT2D eigenvalue weighted by molar-refractivity contribution is 6.34. The van der Waals surface area contributed by atoms with E-state index in [-0.39, 0.29) is 12.5 Å². The fraction of sp³-hybridized carbons (Fsp3) is 0.333. The highest BCUT2D eigenvalue weighted by atomic mass is 16.6. The monoisotopic (exact) mass is 365 g/mol. The first-order chi connectivity index (χ1) is 12.8. The van der Waals surface area contributed by atoms with Gasteiger partial charge < -0.3 is 14.8 Å². The highest BCUT2D eigenvalue weighted by Crippen LogP contribution is 2.17. The summed E-state index contributed by atoms with van der Waals surface area (Å²) >= 11 is 0. The summed E-state index contributed by atoms with van der Waals surface area (Å²) in [6.07, 6.45) is -0.725. The van der Waals surface area contributed by atoms with Gasteiger partial charge in [-0.1, -0.05) is 61.3 Å². The second kappa shape index (κ2) is 9.26. The summed E-state index contributed by atoms with van der Waals surface area (Å²) in [5.74, 6) is -0.313. The molecule has 0 aliphatic heterocycles. The number of aryl methyl sites for hydroxylation is 1. The SMILES string of the molecule is [B]c1c(C)ccc(OC(=O)NC(C(=O)OCc2ccccc2)C(C)C)c1C. The molecule has 6 heteroatoms. The van der Waals surface area contributed by atoms with Crippen molar-refractivity contribution in [1.29, 1.82) is 0 Å². The Morgan fingerprint density at radius 1 is 1.07 bits per heavy atom. The number of nitrogens with one attached hydrogen (secondary N) is 1. The third kappa shape index (κ3) is 5.61. The molecule has 0 fully saturated rings. The van der Waals surface area contributed by atoms with E-state index < -0.39 is 18.1 Å². The fourth-order valence-electron chi connectivity index (χ4n) is 2.53. The number of hydrogen-bond donors (Lipinski definition) is 1. The van der Waals surface area contributed by atoms with Crippen molar-refractivity contribution in [1.82, 2.24) is 5.32 Å². The normalized spacial score (nSPS) is 11.7. The number of amides is 1. The van der Waals surface area contributed by atoms with Crippen LogP contribution in [0.15, 0.2) is 42.5 Å². The molecule has 1 atom stereocenters. The first-order valence-electron chi connectivity index (χ1n) is 8.84. The average Bonchev–Trinajstić information content (AvgIpc) is 2.65. The molecule has 0 heterocycles. The smallest absolute Gasteiger partial charge is 0.413 e. The molecule has 2 aromatic carbocycles. The topological polar surface area (TPSA) is 64.6 Å². The van der Waals surface area contributed by atoms with Gasteiger partial charge in [0.2, 0.25) is 0 Å². The Morgan fingerprint density at radius 3 is 2.37 bits per heavy atom. The summed E-state index contributed by atoms with van der Waals surface area (Å²) in [6.45, 7) is 7.45. The maximum absolute atomic E-state index is 12.4. The minimum Gasteiger partial charge on any atom is -0.459 e. The summed E-state index contributed by atoms with van der Waals surface area (Å²) in [5, 5.41) is 2.59. The van der Waals surface area contributed by atoms with E-state index >= 15 is 0 Å². The minimum atomic E-state index is -0.815. The molecule has 0 aliphatic rings. The van der Waals surface area contributed by atoms with E-state index in [0.717, 1.165) is 11.1 Å². The lowest BCUT2D eigenvalue weighted by Gasteiger charge is -2.21. The van der Waals surface area contributed by atoms with Crippen molar-refractivity contribution < 1.29 is 19.1 Å². The van der Waals surface area contributed by atoms with E-state index in [1.54, 1.807) is 19.1 Å². The van der Waals surface area contributed by atoms with Crippen molar-refractivity contribution in [3.63, 3.8) is 0 Å². The largest absolute Gasteiger partial charge is 0.459 e. The second-order valence-corrected chi connectivity index (χ2v) is 6.77. The lowest BCUT2D eigenvalue weighted by atomic mass is 9.86. The van der Waals surface area contributed by atoms with Gasteiger partial charge in [0.1, 0.15) is 26.2 Å². The second-order valence-electron chi connectivity index (χ2n) is 6.77. The molecule has 140 valence electrons. The van der Waals surface area contributed by atoms with E-state index in [1.807, 2.05) is 51.1 Å². The van der Waals surface area contributed by atoms with Gasteiger partial charge in [-0.25, -0.2) is 9.59 Å². The van der Waals surface area contributed by atoms with Crippen molar-refractivity contribution in [3.8, 4) is 5.75 Å². The van der Waals surface area contributed by atoms with Crippen molar-refractivity contribution in [2.45, 2.75) is 40.3 Å². The predicted octanol–water partition coefficient (Wildman–Crippen LogP) is 2.95. The third-order valence-electron chi connectivity index (χ3n) is 4.30. The Labute approximate surface area is 161 Å². The van der Waals surface area contributed by atoms with Gasteiger partial charge in [-0.2, -0.15) is 0 Å². The van der Waals surface area contributed by atoms with Crippen LogP contribution in [-0.2, 0) is 16.1 Å². The van der Waals surface area contributed by atoms with Gasteiger partial charge in [0.25, 0.3) is 0 Å². The zero-order valence-corrected chi connectivity index (χ0v) is 16.1.